The van der Waals surface area contributed by atoms with Crippen LogP contribution < -0.4 is 5.32 Å². The van der Waals surface area contributed by atoms with Crippen molar-refractivity contribution in [3.63, 3.8) is 0 Å². The van der Waals surface area contributed by atoms with E-state index >= 15 is 0 Å². The molecule has 1 aliphatic carbocycles. The van der Waals surface area contributed by atoms with E-state index in [1.807, 2.05) is 18.5 Å². The SMILES string of the molecule is c1cc(CNC2CC2)n2ccnc2c1. The number of aromatic nitrogens is 2. The van der Waals surface area contributed by atoms with E-state index in [4.69, 9.17) is 0 Å². The second kappa shape index (κ2) is 3.10. The lowest BCUT2D eigenvalue weighted by molar-refractivity contribution is 0.668. The molecule has 0 radical (unpaired) electrons. The van der Waals surface area contributed by atoms with Gasteiger partial charge in [0.05, 0.1) is 0 Å². The van der Waals surface area contributed by atoms with Gasteiger partial charge in [-0.25, -0.2) is 4.98 Å². The third kappa shape index (κ3) is 1.40. The summed E-state index contributed by atoms with van der Waals surface area (Å²) in [6.07, 6.45) is 6.52. The molecule has 2 heterocycles. The summed E-state index contributed by atoms with van der Waals surface area (Å²) < 4.78 is 2.13. The number of imidazole rings is 1. The largest absolute Gasteiger partial charge is 0.308 e. The Labute approximate surface area is 82.8 Å². The summed E-state index contributed by atoms with van der Waals surface area (Å²) in [5.74, 6) is 0. The Bertz CT molecular complexity index is 442. The summed E-state index contributed by atoms with van der Waals surface area (Å²) in [5, 5.41) is 3.51. The van der Waals surface area contributed by atoms with Gasteiger partial charge in [-0.05, 0) is 25.0 Å². The van der Waals surface area contributed by atoms with Gasteiger partial charge in [0, 0.05) is 30.7 Å². The molecule has 1 saturated carbocycles. The van der Waals surface area contributed by atoms with Gasteiger partial charge in [0.25, 0.3) is 0 Å². The normalized spacial score (nSPS) is 16.3. The molecule has 3 nitrogen and oxygen atoms in total. The minimum absolute atomic E-state index is 0.758. The molecule has 1 aliphatic rings. The van der Waals surface area contributed by atoms with Crippen LogP contribution in [0.3, 0.4) is 0 Å². The maximum absolute atomic E-state index is 4.26. The van der Waals surface area contributed by atoms with Crippen LogP contribution in [0, 0.1) is 0 Å². The van der Waals surface area contributed by atoms with Crippen molar-refractivity contribution in [3.8, 4) is 0 Å². The molecule has 2 aromatic heterocycles. The first kappa shape index (κ1) is 8.00. The van der Waals surface area contributed by atoms with Crippen molar-refractivity contribution < 1.29 is 0 Å². The minimum Gasteiger partial charge on any atom is -0.308 e. The maximum Gasteiger partial charge on any atom is 0.136 e. The standard InChI is InChI=1S/C11H13N3/c1-2-10(8-13-9-4-5-9)14-7-6-12-11(14)3-1/h1-3,6-7,9,13H,4-5,8H2. The first-order valence-corrected chi connectivity index (χ1v) is 5.08. The molecule has 0 saturated heterocycles. The predicted octanol–water partition coefficient (Wildman–Crippen LogP) is 1.59. The molecular weight excluding hydrogens is 174 g/mol. The van der Waals surface area contributed by atoms with Crippen LogP contribution in [0.15, 0.2) is 30.6 Å². The summed E-state index contributed by atoms with van der Waals surface area (Å²) in [5.41, 5.74) is 2.31. The smallest absolute Gasteiger partial charge is 0.136 e. The van der Waals surface area contributed by atoms with Gasteiger partial charge in [-0.1, -0.05) is 6.07 Å². The van der Waals surface area contributed by atoms with E-state index < -0.39 is 0 Å². The lowest BCUT2D eigenvalue weighted by Gasteiger charge is -2.05. The zero-order valence-electron chi connectivity index (χ0n) is 7.98. The van der Waals surface area contributed by atoms with Crippen LogP contribution in [0.25, 0.3) is 5.65 Å². The van der Waals surface area contributed by atoms with Crippen LogP contribution >= 0.6 is 0 Å². The summed E-state index contributed by atoms with van der Waals surface area (Å²) in [6, 6.07) is 6.99. The average molecular weight is 187 g/mol. The fourth-order valence-electron chi connectivity index (χ4n) is 1.69. The van der Waals surface area contributed by atoms with E-state index in [1.54, 1.807) is 0 Å². The van der Waals surface area contributed by atoms with E-state index in [0.29, 0.717) is 0 Å². The molecule has 0 bridgehead atoms. The van der Waals surface area contributed by atoms with Gasteiger partial charge in [-0.2, -0.15) is 0 Å². The van der Waals surface area contributed by atoms with Crippen molar-refractivity contribution in [3.05, 3.63) is 36.3 Å². The number of rotatable bonds is 3. The topological polar surface area (TPSA) is 29.3 Å². The summed E-state index contributed by atoms with van der Waals surface area (Å²) in [6.45, 7) is 0.943. The Kier molecular flexibility index (Phi) is 1.77. The first-order valence-electron chi connectivity index (χ1n) is 5.08. The second-order valence-electron chi connectivity index (χ2n) is 3.83. The van der Waals surface area contributed by atoms with Crippen molar-refractivity contribution >= 4 is 5.65 Å². The number of hydrogen-bond donors (Lipinski definition) is 1. The number of fused-ring (bicyclic) bond motifs is 1. The Morgan fingerprint density at radius 3 is 3.21 bits per heavy atom. The molecule has 0 atom stereocenters. The van der Waals surface area contributed by atoms with Gasteiger partial charge in [-0.15, -0.1) is 0 Å². The van der Waals surface area contributed by atoms with E-state index in [9.17, 15) is 0 Å². The summed E-state index contributed by atoms with van der Waals surface area (Å²) in [7, 11) is 0. The molecule has 0 spiro atoms. The third-order valence-corrected chi connectivity index (χ3v) is 2.66. The molecule has 1 N–H and O–H groups in total. The van der Waals surface area contributed by atoms with Crippen LogP contribution in [0.5, 0.6) is 0 Å². The monoisotopic (exact) mass is 187 g/mol. The van der Waals surface area contributed by atoms with E-state index in [2.05, 4.69) is 26.8 Å². The third-order valence-electron chi connectivity index (χ3n) is 2.66. The van der Waals surface area contributed by atoms with Gasteiger partial charge < -0.3 is 9.72 Å². The van der Waals surface area contributed by atoms with Gasteiger partial charge >= 0.3 is 0 Å². The van der Waals surface area contributed by atoms with Crippen molar-refractivity contribution in [2.24, 2.45) is 0 Å². The molecule has 0 unspecified atom stereocenters. The fraction of sp³-hybridized carbons (Fsp3) is 0.364. The molecule has 14 heavy (non-hydrogen) atoms. The van der Waals surface area contributed by atoms with Gasteiger partial charge in [-0.3, -0.25) is 0 Å². The van der Waals surface area contributed by atoms with Gasteiger partial charge in [0.1, 0.15) is 5.65 Å². The van der Waals surface area contributed by atoms with Crippen LogP contribution in [0.4, 0.5) is 0 Å². The zero-order valence-corrected chi connectivity index (χ0v) is 7.98. The van der Waals surface area contributed by atoms with Crippen LogP contribution in [0.1, 0.15) is 18.5 Å². The zero-order chi connectivity index (χ0) is 9.38. The second-order valence-corrected chi connectivity index (χ2v) is 3.83. The number of pyridine rings is 1. The molecule has 2 aromatic rings. The highest BCUT2D eigenvalue weighted by Crippen LogP contribution is 2.19. The molecule has 0 aliphatic heterocycles. The maximum atomic E-state index is 4.26. The van der Waals surface area contributed by atoms with Crippen LogP contribution in [0.2, 0.25) is 0 Å². The highest BCUT2D eigenvalue weighted by Gasteiger charge is 2.20. The van der Waals surface area contributed by atoms with Crippen LogP contribution in [-0.2, 0) is 6.54 Å². The molecule has 3 rings (SSSR count). The van der Waals surface area contributed by atoms with Crippen molar-refractivity contribution in [1.29, 1.82) is 0 Å². The Balaban J connectivity index is 1.89. The van der Waals surface area contributed by atoms with Gasteiger partial charge in [0.2, 0.25) is 0 Å². The molecule has 0 amide bonds. The lowest BCUT2D eigenvalue weighted by Crippen LogP contribution is -2.17. The fourth-order valence-corrected chi connectivity index (χ4v) is 1.69. The quantitative estimate of drug-likeness (QED) is 0.790. The molecule has 1 fully saturated rings. The molecular formula is C11H13N3. The Morgan fingerprint density at radius 2 is 2.36 bits per heavy atom. The molecule has 0 aromatic carbocycles. The molecule has 3 heteroatoms. The van der Waals surface area contributed by atoms with Gasteiger partial charge in [0.15, 0.2) is 0 Å². The minimum atomic E-state index is 0.758. The highest BCUT2D eigenvalue weighted by molar-refractivity contribution is 5.39. The van der Waals surface area contributed by atoms with E-state index in [1.165, 1.54) is 18.5 Å². The summed E-state index contributed by atoms with van der Waals surface area (Å²) >= 11 is 0. The molecule has 72 valence electrons. The van der Waals surface area contributed by atoms with Crippen molar-refractivity contribution in [2.45, 2.75) is 25.4 Å². The Hall–Kier alpha value is -1.35. The van der Waals surface area contributed by atoms with Crippen molar-refractivity contribution in [1.82, 2.24) is 14.7 Å². The number of hydrogen-bond acceptors (Lipinski definition) is 2. The highest BCUT2D eigenvalue weighted by atomic mass is 15.0. The average Bonchev–Trinajstić information content (AvgIpc) is 2.91. The van der Waals surface area contributed by atoms with E-state index in [0.717, 1.165) is 18.2 Å². The van der Waals surface area contributed by atoms with E-state index in [-0.39, 0.29) is 0 Å². The number of nitrogens with zero attached hydrogens (tertiary/aromatic N) is 2. The lowest BCUT2D eigenvalue weighted by atomic mass is 10.3. The summed E-state index contributed by atoms with van der Waals surface area (Å²) in [4.78, 5) is 4.26. The number of nitrogens with one attached hydrogen (secondary N) is 1. The van der Waals surface area contributed by atoms with Crippen LogP contribution in [-0.4, -0.2) is 15.4 Å². The Morgan fingerprint density at radius 1 is 1.43 bits per heavy atom. The van der Waals surface area contributed by atoms with Crippen molar-refractivity contribution in [2.75, 3.05) is 0 Å². The first-order chi connectivity index (χ1) is 6.93. The predicted molar refractivity (Wildman–Crippen MR) is 55.1 cm³/mol.